The van der Waals surface area contributed by atoms with Crippen LogP contribution in [0.5, 0.6) is 5.75 Å². The average molecular weight is 251 g/mol. The van der Waals surface area contributed by atoms with Gasteiger partial charge in [0.05, 0.1) is 10.5 Å². The lowest BCUT2D eigenvalue weighted by molar-refractivity contribution is -0.384. The molecule has 1 aromatic carbocycles. The van der Waals surface area contributed by atoms with E-state index in [0.29, 0.717) is 0 Å². The lowest BCUT2D eigenvalue weighted by Gasteiger charge is -2.20. The number of nitro groups is 1. The largest absolute Gasteiger partial charge is 0.768 e. The average Bonchev–Trinajstić information content (AvgIpc) is 2.18. The molecule has 0 radical (unpaired) electrons. The summed E-state index contributed by atoms with van der Waals surface area (Å²) in [5.41, 5.74) is -0.793. The van der Waals surface area contributed by atoms with E-state index in [4.69, 9.17) is 11.6 Å². The number of rotatable bonds is 4. The van der Waals surface area contributed by atoms with Gasteiger partial charge in [-0.05, 0) is 12.1 Å². The third kappa shape index (κ3) is 3.51. The molecule has 1 rings (SSSR count). The van der Waals surface area contributed by atoms with Gasteiger partial charge < -0.3 is 9.42 Å². The highest BCUT2D eigenvalue weighted by Crippen LogP contribution is 2.39. The van der Waals surface area contributed by atoms with Crippen LogP contribution >= 0.6 is 19.2 Å². The lowest BCUT2D eigenvalue weighted by Crippen LogP contribution is -2.07. The Labute approximate surface area is 90.1 Å². The van der Waals surface area contributed by atoms with E-state index in [2.05, 4.69) is 4.52 Å². The summed E-state index contributed by atoms with van der Waals surface area (Å²) in [6.45, 7) is 0. The fourth-order valence-electron chi connectivity index (χ4n) is 0.814. The van der Waals surface area contributed by atoms with Gasteiger partial charge in [0, 0.05) is 12.1 Å². The van der Waals surface area contributed by atoms with Crippen molar-refractivity contribution in [2.24, 2.45) is 0 Å². The van der Waals surface area contributed by atoms with E-state index in [9.17, 15) is 19.6 Å². The van der Waals surface area contributed by atoms with E-state index in [0.717, 1.165) is 12.1 Å². The second kappa shape index (κ2) is 4.61. The molecule has 0 aromatic heterocycles. The first kappa shape index (κ1) is 12.0. The van der Waals surface area contributed by atoms with Crippen molar-refractivity contribution in [3.8, 4) is 5.75 Å². The van der Waals surface area contributed by atoms with Crippen molar-refractivity contribution in [2.45, 2.75) is 0 Å². The van der Waals surface area contributed by atoms with Crippen LogP contribution in [0.25, 0.3) is 0 Å². The molecule has 82 valence electrons. The third-order valence-electron chi connectivity index (χ3n) is 1.44. The van der Waals surface area contributed by atoms with E-state index in [1.54, 1.807) is 0 Å². The first-order valence-corrected chi connectivity index (χ1v) is 6.01. The zero-order chi connectivity index (χ0) is 11.5. The number of hydrogen-bond donors (Lipinski definition) is 0. The van der Waals surface area contributed by atoms with Crippen LogP contribution < -0.4 is 9.42 Å². The fraction of sp³-hybridized carbons (Fsp3) is 0.143. The van der Waals surface area contributed by atoms with Gasteiger partial charge in [-0.2, -0.15) is 0 Å². The minimum atomic E-state index is -4.09. The smallest absolute Gasteiger partial charge is 0.269 e. The highest BCUT2D eigenvalue weighted by atomic mass is 35.5. The Balaban J connectivity index is 2.82. The molecule has 6 nitrogen and oxygen atoms in total. The maximum Gasteiger partial charge on any atom is 0.269 e. The Kier molecular flexibility index (Phi) is 3.68. The third-order valence-corrected chi connectivity index (χ3v) is 3.10. The van der Waals surface area contributed by atoms with Crippen molar-refractivity contribution in [1.29, 1.82) is 0 Å². The predicted octanol–water partition coefficient (Wildman–Crippen LogP) is 1.72. The van der Waals surface area contributed by atoms with Crippen molar-refractivity contribution in [1.82, 2.24) is 0 Å². The van der Waals surface area contributed by atoms with Gasteiger partial charge in [0.25, 0.3) is 5.69 Å². The monoisotopic (exact) mass is 250 g/mol. The molecular formula is C7H6ClNO5P-. The standard InChI is InChI=1S/C7H7ClNO5P/c8-5-15(12,13)14-7-3-1-6(2-4-7)9(10)11/h1-4H,5H2,(H,12,13)/p-1. The summed E-state index contributed by atoms with van der Waals surface area (Å²) in [7, 11) is -4.09. The number of non-ortho nitro benzene ring substituents is 1. The molecule has 0 spiro atoms. The van der Waals surface area contributed by atoms with Crippen LogP contribution in [0.2, 0.25) is 0 Å². The first-order valence-electron chi connectivity index (χ1n) is 3.75. The number of nitrogens with zero attached hydrogens (tertiary/aromatic N) is 1. The van der Waals surface area contributed by atoms with Crippen molar-refractivity contribution in [2.75, 3.05) is 5.62 Å². The van der Waals surface area contributed by atoms with E-state index < -0.39 is 18.1 Å². The molecule has 0 fully saturated rings. The lowest BCUT2D eigenvalue weighted by atomic mass is 10.3. The molecule has 1 unspecified atom stereocenters. The fourth-order valence-corrected chi connectivity index (χ4v) is 1.45. The first-order chi connectivity index (χ1) is 6.94. The van der Waals surface area contributed by atoms with Crippen LogP contribution in [0.15, 0.2) is 24.3 Å². The Morgan fingerprint density at radius 1 is 1.40 bits per heavy atom. The summed E-state index contributed by atoms with van der Waals surface area (Å²) >= 11 is 5.12. The van der Waals surface area contributed by atoms with Crippen molar-refractivity contribution < 1.29 is 18.9 Å². The van der Waals surface area contributed by atoms with Crippen LogP contribution in [-0.2, 0) is 4.57 Å². The van der Waals surface area contributed by atoms with E-state index in [1.165, 1.54) is 12.1 Å². The van der Waals surface area contributed by atoms with Gasteiger partial charge in [0.15, 0.2) is 7.60 Å². The van der Waals surface area contributed by atoms with Crippen LogP contribution in [-0.4, -0.2) is 10.5 Å². The zero-order valence-corrected chi connectivity index (χ0v) is 8.98. The molecule has 1 aromatic rings. The number of benzene rings is 1. The molecule has 0 saturated carbocycles. The number of halogens is 1. The zero-order valence-electron chi connectivity index (χ0n) is 7.33. The number of nitro benzene ring substituents is 1. The molecule has 0 aliphatic carbocycles. The summed E-state index contributed by atoms with van der Waals surface area (Å²) in [5.74, 6) is -0.000386. The molecule has 1 atom stereocenters. The maximum atomic E-state index is 10.9. The highest BCUT2D eigenvalue weighted by molar-refractivity contribution is 7.53. The van der Waals surface area contributed by atoms with Crippen LogP contribution in [0, 0.1) is 10.1 Å². The summed E-state index contributed by atoms with van der Waals surface area (Å²) in [5, 5.41) is 10.3. The number of alkyl halides is 1. The maximum absolute atomic E-state index is 10.9. The second-order valence-corrected chi connectivity index (χ2v) is 4.93. The van der Waals surface area contributed by atoms with Crippen LogP contribution in [0.1, 0.15) is 0 Å². The van der Waals surface area contributed by atoms with E-state index in [1.807, 2.05) is 0 Å². The van der Waals surface area contributed by atoms with Gasteiger partial charge in [0.1, 0.15) is 5.75 Å². The second-order valence-electron chi connectivity index (χ2n) is 2.57. The molecule has 0 aliphatic heterocycles. The molecule has 15 heavy (non-hydrogen) atoms. The minimum absolute atomic E-state index is 0.000386. The highest BCUT2D eigenvalue weighted by Gasteiger charge is 2.10. The predicted molar refractivity (Wildman–Crippen MR) is 52.1 cm³/mol. The summed E-state index contributed by atoms with van der Waals surface area (Å²) < 4.78 is 15.5. The Morgan fingerprint density at radius 2 is 1.93 bits per heavy atom. The van der Waals surface area contributed by atoms with Gasteiger partial charge in [-0.25, -0.2) is 0 Å². The topological polar surface area (TPSA) is 92.5 Å². The SMILES string of the molecule is O=[N+]([O-])c1ccc(OP(=O)([O-])CCl)cc1. The van der Waals surface area contributed by atoms with Crippen molar-refractivity contribution >= 4 is 24.9 Å². The van der Waals surface area contributed by atoms with Gasteiger partial charge in [-0.1, -0.05) is 0 Å². The van der Waals surface area contributed by atoms with Crippen LogP contribution in [0.4, 0.5) is 5.69 Å². The molecule has 0 amide bonds. The van der Waals surface area contributed by atoms with E-state index in [-0.39, 0.29) is 11.4 Å². The van der Waals surface area contributed by atoms with Gasteiger partial charge >= 0.3 is 0 Å². The Morgan fingerprint density at radius 3 is 2.33 bits per heavy atom. The summed E-state index contributed by atoms with van der Waals surface area (Å²) in [6, 6.07) is 4.66. The molecule has 0 bridgehead atoms. The molecular weight excluding hydrogens is 245 g/mol. The normalized spacial score (nSPS) is 14.3. The Hall–Kier alpha value is -1.10. The molecule has 8 heteroatoms. The Bertz CT molecular complexity index is 406. The molecule has 0 N–H and O–H groups in total. The quantitative estimate of drug-likeness (QED) is 0.351. The molecule has 0 heterocycles. The van der Waals surface area contributed by atoms with Gasteiger partial charge in [0.2, 0.25) is 0 Å². The summed E-state index contributed by atoms with van der Waals surface area (Å²) in [4.78, 5) is 20.6. The van der Waals surface area contributed by atoms with Gasteiger partial charge in [-0.15, -0.1) is 11.6 Å². The van der Waals surface area contributed by atoms with Crippen LogP contribution in [0.3, 0.4) is 0 Å². The summed E-state index contributed by atoms with van der Waals surface area (Å²) in [6.07, 6.45) is 0. The molecule has 0 saturated heterocycles. The van der Waals surface area contributed by atoms with E-state index >= 15 is 0 Å². The van der Waals surface area contributed by atoms with Crippen molar-refractivity contribution in [3.05, 3.63) is 34.4 Å². The number of hydrogen-bond acceptors (Lipinski definition) is 5. The van der Waals surface area contributed by atoms with Crippen molar-refractivity contribution in [3.63, 3.8) is 0 Å². The van der Waals surface area contributed by atoms with Gasteiger partial charge in [-0.3, -0.25) is 14.7 Å². The minimum Gasteiger partial charge on any atom is -0.768 e. The molecule has 0 aliphatic rings.